The zero-order chi connectivity index (χ0) is 23.2. The molecule has 0 aromatic heterocycles. The fraction of sp³-hybridized carbons (Fsp3) is 0.167. The highest BCUT2D eigenvalue weighted by atomic mass is 16.5. The molecule has 0 aliphatic carbocycles. The molecule has 3 aromatic carbocycles. The quantitative estimate of drug-likeness (QED) is 0.474. The van der Waals surface area contributed by atoms with Gasteiger partial charge in [0.25, 0.3) is 0 Å². The summed E-state index contributed by atoms with van der Waals surface area (Å²) >= 11 is 0. The lowest BCUT2D eigenvalue weighted by Gasteiger charge is -2.20. The Hall–Kier alpha value is -4.00. The van der Waals surface area contributed by atoms with Crippen LogP contribution >= 0.6 is 0 Å². The van der Waals surface area contributed by atoms with Crippen LogP contribution in [0.4, 0.5) is 11.4 Å². The van der Waals surface area contributed by atoms with Gasteiger partial charge in [-0.15, -0.1) is 0 Å². The van der Waals surface area contributed by atoms with E-state index in [-0.39, 0.29) is 5.41 Å². The molecule has 31 heavy (non-hydrogen) atoms. The van der Waals surface area contributed by atoms with Gasteiger partial charge in [0.1, 0.15) is 11.5 Å². The van der Waals surface area contributed by atoms with Gasteiger partial charge in [0.05, 0.1) is 0 Å². The zero-order valence-corrected chi connectivity index (χ0v) is 17.9. The molecule has 0 unspecified atom stereocenters. The van der Waals surface area contributed by atoms with Crippen molar-refractivity contribution in [3.8, 4) is 11.5 Å². The van der Waals surface area contributed by atoms with E-state index in [9.17, 15) is 9.59 Å². The van der Waals surface area contributed by atoms with Gasteiger partial charge in [-0.3, -0.25) is 9.59 Å². The largest absolute Gasteiger partial charge is 0.457 e. The number of hydrogen-bond donors (Lipinski definition) is 4. The Morgan fingerprint density at radius 3 is 1.32 bits per heavy atom. The van der Waals surface area contributed by atoms with E-state index < -0.39 is 11.8 Å². The van der Waals surface area contributed by atoms with Gasteiger partial charge in [-0.1, -0.05) is 20.8 Å². The highest BCUT2D eigenvalue weighted by Gasteiger charge is 2.18. The minimum Gasteiger partial charge on any atom is -0.457 e. The number of rotatable bonds is 4. The van der Waals surface area contributed by atoms with Crippen LogP contribution in [0.1, 0.15) is 47.1 Å². The normalized spacial score (nSPS) is 10.5. The predicted octanol–water partition coefficient (Wildman–Crippen LogP) is 3.83. The number of carbonyl (C=O) groups is 2. The molecule has 0 atom stereocenters. The van der Waals surface area contributed by atoms with E-state index in [1.807, 2.05) is 45.0 Å². The maximum absolute atomic E-state index is 11.1. The van der Waals surface area contributed by atoms with E-state index in [0.717, 1.165) is 28.4 Å². The molecule has 0 aliphatic heterocycles. The van der Waals surface area contributed by atoms with Gasteiger partial charge in [0, 0.05) is 22.5 Å². The standard InChI is InChI=1S/C12H16N2O2.C12H12N2O/c1-12(2,3)9-5-7(10(13)15)4-8(6-9)11(14)16;13-9-1-5-11(6-2-9)15-12-7-3-10(14)4-8-12/h4-6H,1-3H3,(H2,13,15)(H2,14,16);1-8H,13-14H2. The van der Waals surface area contributed by atoms with E-state index in [1.54, 1.807) is 36.4 Å². The molecule has 7 nitrogen and oxygen atoms in total. The first-order valence-corrected chi connectivity index (χ1v) is 9.60. The molecule has 2 amide bonds. The average Bonchev–Trinajstić information content (AvgIpc) is 2.71. The Bertz CT molecular complexity index is 978. The summed E-state index contributed by atoms with van der Waals surface area (Å²) in [6.07, 6.45) is 0. The highest BCUT2D eigenvalue weighted by Crippen LogP contribution is 2.25. The van der Waals surface area contributed by atoms with E-state index >= 15 is 0 Å². The van der Waals surface area contributed by atoms with Crippen LogP contribution in [0.3, 0.4) is 0 Å². The zero-order valence-electron chi connectivity index (χ0n) is 17.9. The van der Waals surface area contributed by atoms with Crippen LogP contribution in [-0.2, 0) is 5.41 Å². The minimum atomic E-state index is -0.561. The number of carbonyl (C=O) groups excluding carboxylic acids is 2. The summed E-state index contributed by atoms with van der Waals surface area (Å²) in [6.45, 7) is 5.95. The molecule has 7 heteroatoms. The fourth-order valence-electron chi connectivity index (χ4n) is 2.55. The average molecular weight is 421 g/mol. The topological polar surface area (TPSA) is 147 Å². The summed E-state index contributed by atoms with van der Waals surface area (Å²) in [5.41, 5.74) is 24.3. The number of anilines is 2. The fourth-order valence-corrected chi connectivity index (χ4v) is 2.55. The van der Waals surface area contributed by atoms with Gasteiger partial charge in [-0.2, -0.15) is 0 Å². The molecule has 8 N–H and O–H groups in total. The monoisotopic (exact) mass is 420 g/mol. The summed E-state index contributed by atoms with van der Waals surface area (Å²) < 4.78 is 5.58. The second-order valence-corrected chi connectivity index (χ2v) is 8.02. The van der Waals surface area contributed by atoms with Gasteiger partial charge in [0.15, 0.2) is 0 Å². The molecule has 0 fully saturated rings. The lowest BCUT2D eigenvalue weighted by molar-refractivity contribution is 0.0999. The van der Waals surface area contributed by atoms with Crippen molar-refractivity contribution >= 4 is 23.2 Å². The molecule has 3 aromatic rings. The lowest BCUT2D eigenvalue weighted by atomic mass is 9.85. The Kier molecular flexibility index (Phi) is 7.26. The van der Waals surface area contributed by atoms with E-state index in [4.69, 9.17) is 27.7 Å². The maximum Gasteiger partial charge on any atom is 0.248 e. The molecular formula is C24H28N4O3. The molecule has 0 heterocycles. The van der Waals surface area contributed by atoms with Crippen LogP contribution in [0.5, 0.6) is 11.5 Å². The summed E-state index contributed by atoms with van der Waals surface area (Å²) in [7, 11) is 0. The van der Waals surface area contributed by atoms with Crippen molar-refractivity contribution in [3.05, 3.63) is 83.4 Å². The molecule has 0 saturated heterocycles. The number of benzene rings is 3. The smallest absolute Gasteiger partial charge is 0.248 e. The van der Waals surface area contributed by atoms with Crippen molar-refractivity contribution < 1.29 is 14.3 Å². The molecule has 0 radical (unpaired) electrons. The van der Waals surface area contributed by atoms with E-state index in [1.165, 1.54) is 6.07 Å². The first kappa shape index (κ1) is 23.3. The summed E-state index contributed by atoms with van der Waals surface area (Å²) in [5, 5.41) is 0. The molecule has 162 valence electrons. The Morgan fingerprint density at radius 1 is 0.677 bits per heavy atom. The SMILES string of the molecule is CC(C)(C)c1cc(C(N)=O)cc(C(N)=O)c1.Nc1ccc(Oc2ccc(N)cc2)cc1. The highest BCUT2D eigenvalue weighted by molar-refractivity contribution is 5.98. The third-order valence-electron chi connectivity index (χ3n) is 4.36. The first-order valence-electron chi connectivity index (χ1n) is 9.60. The Morgan fingerprint density at radius 2 is 1.03 bits per heavy atom. The number of ether oxygens (including phenoxy) is 1. The number of primary amides is 2. The number of nitrogens with two attached hydrogens (primary N) is 4. The van der Waals surface area contributed by atoms with Gasteiger partial charge in [-0.05, 0) is 77.7 Å². The van der Waals surface area contributed by atoms with Crippen molar-refractivity contribution in [1.82, 2.24) is 0 Å². The molecule has 0 saturated carbocycles. The maximum atomic E-state index is 11.1. The second-order valence-electron chi connectivity index (χ2n) is 8.02. The van der Waals surface area contributed by atoms with Crippen molar-refractivity contribution in [1.29, 1.82) is 0 Å². The van der Waals surface area contributed by atoms with Gasteiger partial charge >= 0.3 is 0 Å². The van der Waals surface area contributed by atoms with Gasteiger partial charge in [0.2, 0.25) is 11.8 Å². The van der Waals surface area contributed by atoms with Crippen molar-refractivity contribution in [2.24, 2.45) is 11.5 Å². The molecule has 0 spiro atoms. The molecule has 0 aliphatic rings. The van der Waals surface area contributed by atoms with Crippen LogP contribution in [-0.4, -0.2) is 11.8 Å². The second kappa shape index (κ2) is 9.67. The molecule has 3 rings (SSSR count). The van der Waals surface area contributed by atoms with Crippen molar-refractivity contribution in [2.75, 3.05) is 11.5 Å². The minimum absolute atomic E-state index is 0.171. The summed E-state index contributed by atoms with van der Waals surface area (Å²) in [6, 6.07) is 19.3. The van der Waals surface area contributed by atoms with Gasteiger partial charge in [-0.25, -0.2) is 0 Å². The number of hydrogen-bond acceptors (Lipinski definition) is 5. The van der Waals surface area contributed by atoms with Crippen molar-refractivity contribution in [2.45, 2.75) is 26.2 Å². The van der Waals surface area contributed by atoms with Crippen LogP contribution in [0.25, 0.3) is 0 Å². The summed E-state index contributed by atoms with van der Waals surface area (Å²) in [4.78, 5) is 22.3. The number of amides is 2. The first-order chi connectivity index (χ1) is 14.5. The van der Waals surface area contributed by atoms with Crippen LogP contribution < -0.4 is 27.7 Å². The van der Waals surface area contributed by atoms with Crippen LogP contribution in [0, 0.1) is 0 Å². The Labute approximate surface area is 182 Å². The molecular weight excluding hydrogens is 392 g/mol. The van der Waals surface area contributed by atoms with E-state index in [2.05, 4.69) is 0 Å². The van der Waals surface area contributed by atoms with Crippen LogP contribution in [0.15, 0.2) is 66.7 Å². The van der Waals surface area contributed by atoms with E-state index in [0.29, 0.717) is 11.1 Å². The van der Waals surface area contributed by atoms with Crippen molar-refractivity contribution in [3.63, 3.8) is 0 Å². The summed E-state index contributed by atoms with van der Waals surface area (Å²) in [5.74, 6) is 0.394. The lowest BCUT2D eigenvalue weighted by Crippen LogP contribution is -2.19. The van der Waals surface area contributed by atoms with Gasteiger partial charge < -0.3 is 27.7 Å². The van der Waals surface area contributed by atoms with Crippen LogP contribution in [0.2, 0.25) is 0 Å². The predicted molar refractivity (Wildman–Crippen MR) is 124 cm³/mol. The molecule has 0 bridgehead atoms. The third-order valence-corrected chi connectivity index (χ3v) is 4.36. The Balaban J connectivity index is 0.000000220. The third kappa shape index (κ3) is 7.08. The number of nitrogen functional groups attached to an aromatic ring is 2.